The Morgan fingerprint density at radius 3 is 2.15 bits per heavy atom. The van der Waals surface area contributed by atoms with Crippen LogP contribution in [0.4, 0.5) is 24.5 Å². The Morgan fingerprint density at radius 2 is 1.58 bits per heavy atom. The molecule has 0 atom stereocenters. The number of alkyl halides is 3. The van der Waals surface area contributed by atoms with Crippen molar-refractivity contribution in [3.8, 4) is 0 Å². The van der Waals surface area contributed by atoms with Crippen molar-refractivity contribution < 1.29 is 13.2 Å². The molecule has 3 rings (SSSR count). The van der Waals surface area contributed by atoms with Gasteiger partial charge < -0.3 is 16.0 Å². The second-order valence-electron chi connectivity index (χ2n) is 8.01. The predicted molar refractivity (Wildman–Crippen MR) is 101 cm³/mol. The van der Waals surface area contributed by atoms with Gasteiger partial charge in [-0.25, -0.2) is 0 Å². The molecule has 0 spiro atoms. The van der Waals surface area contributed by atoms with Crippen LogP contribution in [0.2, 0.25) is 0 Å². The van der Waals surface area contributed by atoms with E-state index in [0.29, 0.717) is 25.2 Å². The van der Waals surface area contributed by atoms with Crippen LogP contribution in [0.1, 0.15) is 49.7 Å². The number of benzene rings is 1. The molecular formula is C20H30F3N3. The summed E-state index contributed by atoms with van der Waals surface area (Å²) in [6.07, 6.45) is 0.602. The van der Waals surface area contributed by atoms with E-state index in [0.717, 1.165) is 48.2 Å². The number of nitrogens with two attached hydrogens (primary N) is 1. The SMILES string of the molecule is Cc1cc(N2CCC(C(F)(F)F)CC2)c(C)cc1NC1CCC(N)CC1. The highest BCUT2D eigenvalue weighted by atomic mass is 19.4. The zero-order valence-corrected chi connectivity index (χ0v) is 15.7. The molecule has 1 aliphatic heterocycles. The summed E-state index contributed by atoms with van der Waals surface area (Å²) in [6, 6.07) is 5.06. The van der Waals surface area contributed by atoms with E-state index in [-0.39, 0.29) is 12.8 Å². The van der Waals surface area contributed by atoms with Crippen molar-refractivity contribution in [3.05, 3.63) is 23.3 Å². The minimum atomic E-state index is -4.06. The van der Waals surface area contributed by atoms with Gasteiger partial charge in [-0.15, -0.1) is 0 Å². The first-order valence-corrected chi connectivity index (χ1v) is 9.69. The normalized spacial score (nSPS) is 25.4. The van der Waals surface area contributed by atoms with E-state index in [1.54, 1.807) is 0 Å². The number of hydrogen-bond donors (Lipinski definition) is 2. The molecule has 0 bridgehead atoms. The number of rotatable bonds is 3. The summed E-state index contributed by atoms with van der Waals surface area (Å²) in [5.74, 6) is -1.15. The van der Waals surface area contributed by atoms with Crippen molar-refractivity contribution in [2.45, 2.75) is 70.6 Å². The molecule has 2 aliphatic rings. The van der Waals surface area contributed by atoms with E-state index in [2.05, 4.69) is 29.3 Å². The summed E-state index contributed by atoms with van der Waals surface area (Å²) < 4.78 is 38.6. The van der Waals surface area contributed by atoms with E-state index < -0.39 is 12.1 Å². The Hall–Kier alpha value is -1.43. The van der Waals surface area contributed by atoms with Gasteiger partial charge >= 0.3 is 6.18 Å². The Balaban J connectivity index is 1.66. The molecule has 1 aliphatic carbocycles. The summed E-state index contributed by atoms with van der Waals surface area (Å²) in [7, 11) is 0. The summed E-state index contributed by atoms with van der Waals surface area (Å²) in [6.45, 7) is 5.06. The lowest BCUT2D eigenvalue weighted by Gasteiger charge is -2.36. The maximum atomic E-state index is 12.9. The number of aryl methyl sites for hydroxylation is 2. The third-order valence-electron chi connectivity index (χ3n) is 5.97. The van der Waals surface area contributed by atoms with Gasteiger partial charge in [0.15, 0.2) is 0 Å². The van der Waals surface area contributed by atoms with Crippen molar-refractivity contribution in [1.82, 2.24) is 0 Å². The van der Waals surface area contributed by atoms with Crippen LogP contribution in [0.25, 0.3) is 0 Å². The zero-order valence-electron chi connectivity index (χ0n) is 15.7. The fourth-order valence-corrected chi connectivity index (χ4v) is 4.23. The number of hydrogen-bond acceptors (Lipinski definition) is 3. The fourth-order valence-electron chi connectivity index (χ4n) is 4.23. The number of nitrogens with one attached hydrogen (secondary N) is 1. The molecule has 0 unspecified atom stereocenters. The number of nitrogens with zero attached hydrogens (tertiary/aromatic N) is 1. The zero-order chi connectivity index (χ0) is 18.9. The van der Waals surface area contributed by atoms with E-state index >= 15 is 0 Å². The summed E-state index contributed by atoms with van der Waals surface area (Å²) >= 11 is 0. The topological polar surface area (TPSA) is 41.3 Å². The van der Waals surface area contributed by atoms with Crippen molar-refractivity contribution in [2.24, 2.45) is 11.7 Å². The summed E-state index contributed by atoms with van der Waals surface area (Å²) in [4.78, 5) is 2.11. The van der Waals surface area contributed by atoms with Crippen molar-refractivity contribution in [2.75, 3.05) is 23.3 Å². The smallest absolute Gasteiger partial charge is 0.382 e. The van der Waals surface area contributed by atoms with Crippen molar-refractivity contribution in [1.29, 1.82) is 0 Å². The van der Waals surface area contributed by atoms with Crippen LogP contribution < -0.4 is 16.0 Å². The molecule has 1 aromatic carbocycles. The van der Waals surface area contributed by atoms with Crippen LogP contribution in [0.15, 0.2) is 12.1 Å². The first kappa shape index (κ1) is 19.3. The molecule has 1 saturated carbocycles. The number of halogens is 3. The molecule has 6 heteroatoms. The lowest BCUT2D eigenvalue weighted by atomic mass is 9.91. The first-order chi connectivity index (χ1) is 12.2. The van der Waals surface area contributed by atoms with Gasteiger partial charge in [-0.2, -0.15) is 13.2 Å². The van der Waals surface area contributed by atoms with Gasteiger partial charge in [-0.05, 0) is 75.6 Å². The van der Waals surface area contributed by atoms with Gasteiger partial charge in [0, 0.05) is 36.5 Å². The van der Waals surface area contributed by atoms with E-state index in [1.807, 2.05) is 6.92 Å². The average molecular weight is 369 g/mol. The monoisotopic (exact) mass is 369 g/mol. The second-order valence-corrected chi connectivity index (χ2v) is 8.01. The third kappa shape index (κ3) is 4.45. The summed E-state index contributed by atoms with van der Waals surface area (Å²) in [5, 5.41) is 3.64. The lowest BCUT2D eigenvalue weighted by molar-refractivity contribution is -0.179. The quantitative estimate of drug-likeness (QED) is 0.807. The van der Waals surface area contributed by atoms with Gasteiger partial charge in [0.25, 0.3) is 0 Å². The molecule has 0 amide bonds. The molecule has 1 saturated heterocycles. The molecule has 26 heavy (non-hydrogen) atoms. The Kier molecular flexibility index (Phi) is 5.70. The third-order valence-corrected chi connectivity index (χ3v) is 5.97. The van der Waals surface area contributed by atoms with Crippen LogP contribution in [-0.4, -0.2) is 31.3 Å². The van der Waals surface area contributed by atoms with E-state index in [1.165, 1.54) is 0 Å². The first-order valence-electron chi connectivity index (χ1n) is 9.69. The molecule has 0 radical (unpaired) electrons. The summed E-state index contributed by atoms with van der Waals surface area (Å²) in [5.41, 5.74) is 10.5. The van der Waals surface area contributed by atoms with Crippen LogP contribution in [-0.2, 0) is 0 Å². The van der Waals surface area contributed by atoms with Gasteiger partial charge in [-0.1, -0.05) is 0 Å². The van der Waals surface area contributed by atoms with Gasteiger partial charge in [0.2, 0.25) is 0 Å². The van der Waals surface area contributed by atoms with Crippen molar-refractivity contribution >= 4 is 11.4 Å². The average Bonchev–Trinajstić information content (AvgIpc) is 2.59. The number of piperidine rings is 1. The van der Waals surface area contributed by atoms with Crippen LogP contribution in [0.5, 0.6) is 0 Å². The minimum absolute atomic E-state index is 0.185. The fraction of sp³-hybridized carbons (Fsp3) is 0.700. The lowest BCUT2D eigenvalue weighted by Crippen LogP contribution is -2.39. The maximum absolute atomic E-state index is 12.9. The molecule has 3 N–H and O–H groups in total. The highest BCUT2D eigenvalue weighted by Gasteiger charge is 2.41. The molecule has 2 fully saturated rings. The molecule has 146 valence electrons. The molecule has 0 aromatic heterocycles. The van der Waals surface area contributed by atoms with E-state index in [9.17, 15) is 13.2 Å². The van der Waals surface area contributed by atoms with Crippen LogP contribution in [0, 0.1) is 19.8 Å². The van der Waals surface area contributed by atoms with Crippen molar-refractivity contribution in [3.63, 3.8) is 0 Å². The number of anilines is 2. The van der Waals surface area contributed by atoms with Gasteiger partial charge in [0.1, 0.15) is 0 Å². The molecule has 3 nitrogen and oxygen atoms in total. The van der Waals surface area contributed by atoms with E-state index in [4.69, 9.17) is 5.73 Å². The molecular weight excluding hydrogens is 339 g/mol. The largest absolute Gasteiger partial charge is 0.391 e. The van der Waals surface area contributed by atoms with Gasteiger partial charge in [0.05, 0.1) is 5.92 Å². The van der Waals surface area contributed by atoms with Crippen LogP contribution in [0.3, 0.4) is 0 Å². The highest BCUT2D eigenvalue weighted by Crippen LogP contribution is 2.37. The second kappa shape index (κ2) is 7.67. The molecule has 1 aromatic rings. The van der Waals surface area contributed by atoms with Gasteiger partial charge in [-0.3, -0.25) is 0 Å². The minimum Gasteiger partial charge on any atom is -0.382 e. The highest BCUT2D eigenvalue weighted by molar-refractivity contribution is 5.65. The Morgan fingerprint density at radius 1 is 0.962 bits per heavy atom. The molecule has 1 heterocycles. The maximum Gasteiger partial charge on any atom is 0.391 e. The van der Waals surface area contributed by atoms with Crippen LogP contribution >= 0.6 is 0 Å². The Bertz CT molecular complexity index is 613. The predicted octanol–water partition coefficient (Wildman–Crippen LogP) is 4.76. The Labute approximate surface area is 154 Å². The standard InChI is InChI=1S/C20H30F3N3/c1-13-12-19(26-9-7-15(8-10-26)20(21,22)23)14(2)11-18(13)25-17-5-3-16(24)4-6-17/h11-12,15-17,25H,3-10,24H2,1-2H3.